The van der Waals surface area contributed by atoms with Gasteiger partial charge in [-0.05, 0) is 43.3 Å². The summed E-state index contributed by atoms with van der Waals surface area (Å²) in [5.41, 5.74) is 0.347. The van der Waals surface area contributed by atoms with E-state index < -0.39 is 26.0 Å². The second-order valence-corrected chi connectivity index (χ2v) is 9.02. The Kier molecular flexibility index (Phi) is 5.96. The van der Waals surface area contributed by atoms with E-state index in [4.69, 9.17) is 9.84 Å². The second kappa shape index (κ2) is 7.84. The van der Waals surface area contributed by atoms with Gasteiger partial charge in [0, 0.05) is 11.8 Å². The summed E-state index contributed by atoms with van der Waals surface area (Å²) in [5.74, 6) is -1.32. The van der Waals surface area contributed by atoms with Crippen LogP contribution >= 0.6 is 0 Å². The Hall–Kier alpha value is -2.79. The van der Waals surface area contributed by atoms with Gasteiger partial charge in [0.2, 0.25) is 10.0 Å². The van der Waals surface area contributed by atoms with Crippen LogP contribution in [0, 0.1) is 0 Å². The third-order valence-corrected chi connectivity index (χ3v) is 6.22. The van der Waals surface area contributed by atoms with Crippen LogP contribution in [0.4, 0.5) is 11.4 Å². The second-order valence-electron chi connectivity index (χ2n) is 5.36. The highest BCUT2D eigenvalue weighted by Crippen LogP contribution is 2.29. The number of benzene rings is 2. The van der Waals surface area contributed by atoms with Crippen LogP contribution < -0.4 is 14.2 Å². The molecule has 2 aromatic rings. The molecule has 11 heteroatoms. The molecule has 0 unspecified atom stereocenters. The van der Waals surface area contributed by atoms with Crippen molar-refractivity contribution in [2.24, 2.45) is 0 Å². The number of carboxylic acid groups (broad SMARTS) is 1. The molecule has 0 aromatic heterocycles. The molecule has 0 saturated heterocycles. The van der Waals surface area contributed by atoms with Gasteiger partial charge in [-0.15, -0.1) is 0 Å². The molecule has 0 bridgehead atoms. The van der Waals surface area contributed by atoms with Crippen molar-refractivity contribution < 1.29 is 31.5 Å². The Balaban J connectivity index is 2.33. The Morgan fingerprint density at radius 2 is 1.59 bits per heavy atom. The lowest BCUT2D eigenvalue weighted by molar-refractivity contribution is 0.0697. The van der Waals surface area contributed by atoms with E-state index in [0.29, 0.717) is 0 Å². The van der Waals surface area contributed by atoms with Crippen LogP contribution in [0.5, 0.6) is 5.75 Å². The maximum Gasteiger partial charge on any atom is 0.335 e. The Morgan fingerprint density at radius 3 is 2.11 bits per heavy atom. The van der Waals surface area contributed by atoms with Gasteiger partial charge < -0.3 is 9.84 Å². The van der Waals surface area contributed by atoms with Gasteiger partial charge in [-0.3, -0.25) is 9.44 Å². The van der Waals surface area contributed by atoms with E-state index in [0.717, 1.165) is 0 Å². The summed E-state index contributed by atoms with van der Waals surface area (Å²) in [4.78, 5) is 10.6. The summed E-state index contributed by atoms with van der Waals surface area (Å²) < 4.78 is 58.2. The molecule has 0 aliphatic carbocycles. The lowest BCUT2D eigenvalue weighted by atomic mass is 10.2. The molecule has 0 aliphatic rings. The number of sulfonamides is 2. The fraction of sp³-hybridized carbons (Fsp3) is 0.188. The van der Waals surface area contributed by atoms with Crippen LogP contribution in [-0.2, 0) is 20.0 Å². The van der Waals surface area contributed by atoms with Crippen LogP contribution in [0.1, 0.15) is 17.3 Å². The minimum atomic E-state index is -4.05. The number of nitrogens with one attached hydrogen (secondary N) is 2. The van der Waals surface area contributed by atoms with Crippen LogP contribution in [-0.4, -0.2) is 40.8 Å². The molecule has 2 rings (SSSR count). The average Bonchev–Trinajstić information content (AvgIpc) is 2.61. The minimum Gasteiger partial charge on any atom is -0.495 e. The monoisotopic (exact) mass is 414 g/mol. The van der Waals surface area contributed by atoms with Gasteiger partial charge in [0.15, 0.2) is 0 Å². The molecule has 0 aliphatic heterocycles. The van der Waals surface area contributed by atoms with Gasteiger partial charge in [0.1, 0.15) is 10.6 Å². The molecule has 0 radical (unpaired) electrons. The zero-order chi connectivity index (χ0) is 20.2. The smallest absolute Gasteiger partial charge is 0.335 e. The summed E-state index contributed by atoms with van der Waals surface area (Å²) in [7, 11) is -6.32. The van der Waals surface area contributed by atoms with E-state index in [1.54, 1.807) is 0 Å². The first-order chi connectivity index (χ1) is 12.6. The molecular formula is C16H18N2O7S2. The van der Waals surface area contributed by atoms with E-state index >= 15 is 0 Å². The van der Waals surface area contributed by atoms with Crippen LogP contribution in [0.3, 0.4) is 0 Å². The van der Waals surface area contributed by atoms with Gasteiger partial charge in [-0.1, -0.05) is 0 Å². The van der Waals surface area contributed by atoms with Gasteiger partial charge in [-0.2, -0.15) is 0 Å². The predicted molar refractivity (Wildman–Crippen MR) is 100 cm³/mol. The Morgan fingerprint density at radius 1 is 1.00 bits per heavy atom. The zero-order valence-electron chi connectivity index (χ0n) is 14.5. The van der Waals surface area contributed by atoms with Crippen LogP contribution in [0.15, 0.2) is 47.4 Å². The fourth-order valence-corrected chi connectivity index (χ4v) is 3.94. The molecule has 0 fully saturated rings. The van der Waals surface area contributed by atoms with Gasteiger partial charge in [0.05, 0.1) is 24.1 Å². The lowest BCUT2D eigenvalue weighted by Crippen LogP contribution is -2.16. The SMILES string of the molecule is CCS(=O)(=O)Nc1ccc(S(=O)(=O)Nc2ccc(C(=O)O)cc2)c(OC)c1. The predicted octanol–water partition coefficient (Wildman–Crippen LogP) is 1.96. The van der Waals surface area contributed by atoms with Crippen molar-refractivity contribution in [1.82, 2.24) is 0 Å². The highest BCUT2D eigenvalue weighted by Gasteiger charge is 2.21. The van der Waals surface area contributed by atoms with Gasteiger partial charge in [-0.25, -0.2) is 21.6 Å². The Labute approximate surface area is 157 Å². The summed E-state index contributed by atoms with van der Waals surface area (Å²) >= 11 is 0. The molecule has 9 nitrogen and oxygen atoms in total. The topological polar surface area (TPSA) is 139 Å². The van der Waals surface area contributed by atoms with Crippen molar-refractivity contribution in [3.05, 3.63) is 48.0 Å². The number of carbonyl (C=O) groups is 1. The van der Waals surface area contributed by atoms with Crippen molar-refractivity contribution in [2.45, 2.75) is 11.8 Å². The van der Waals surface area contributed by atoms with Crippen molar-refractivity contribution >= 4 is 37.4 Å². The molecule has 0 saturated carbocycles. The van der Waals surface area contributed by atoms with E-state index in [1.165, 1.54) is 56.5 Å². The minimum absolute atomic E-state index is 0.0167. The third-order valence-electron chi connectivity index (χ3n) is 3.49. The number of methoxy groups -OCH3 is 1. The molecule has 2 aromatic carbocycles. The number of rotatable bonds is 8. The van der Waals surface area contributed by atoms with E-state index in [-0.39, 0.29) is 33.3 Å². The molecule has 0 amide bonds. The molecule has 3 N–H and O–H groups in total. The van der Waals surface area contributed by atoms with Crippen LogP contribution in [0.25, 0.3) is 0 Å². The molecule has 0 heterocycles. The standard InChI is InChI=1S/C16H18N2O7S2/c1-3-26(21,22)17-13-8-9-15(14(10-13)25-2)27(23,24)18-12-6-4-11(5-7-12)16(19)20/h4-10,17-18H,3H2,1-2H3,(H,19,20). The molecule has 146 valence electrons. The normalized spacial score (nSPS) is 11.6. The largest absolute Gasteiger partial charge is 0.495 e. The quantitative estimate of drug-likeness (QED) is 0.600. The summed E-state index contributed by atoms with van der Waals surface area (Å²) in [6, 6.07) is 8.93. The van der Waals surface area contributed by atoms with Gasteiger partial charge in [0.25, 0.3) is 10.0 Å². The fourth-order valence-electron chi connectivity index (χ4n) is 2.10. The Bertz CT molecular complexity index is 1050. The van der Waals surface area contributed by atoms with Gasteiger partial charge >= 0.3 is 5.97 Å². The zero-order valence-corrected chi connectivity index (χ0v) is 16.1. The first-order valence-corrected chi connectivity index (χ1v) is 10.8. The van der Waals surface area contributed by atoms with E-state index in [2.05, 4.69) is 9.44 Å². The third kappa shape index (κ3) is 5.11. The van der Waals surface area contributed by atoms with E-state index in [9.17, 15) is 21.6 Å². The molecule has 27 heavy (non-hydrogen) atoms. The average molecular weight is 414 g/mol. The maximum atomic E-state index is 12.6. The highest BCUT2D eigenvalue weighted by molar-refractivity contribution is 7.93. The lowest BCUT2D eigenvalue weighted by Gasteiger charge is -2.14. The maximum absolute atomic E-state index is 12.6. The highest BCUT2D eigenvalue weighted by atomic mass is 32.2. The van der Waals surface area contributed by atoms with Crippen molar-refractivity contribution in [3.8, 4) is 5.75 Å². The van der Waals surface area contributed by atoms with Crippen molar-refractivity contribution in [1.29, 1.82) is 0 Å². The summed E-state index contributed by atoms with van der Waals surface area (Å²) in [6.45, 7) is 1.47. The first kappa shape index (κ1) is 20.5. The number of carboxylic acids is 1. The van der Waals surface area contributed by atoms with Crippen LogP contribution in [0.2, 0.25) is 0 Å². The number of anilines is 2. The summed E-state index contributed by atoms with van der Waals surface area (Å²) in [6.07, 6.45) is 0. The number of hydrogen-bond acceptors (Lipinski definition) is 6. The molecule has 0 atom stereocenters. The first-order valence-electron chi connectivity index (χ1n) is 7.62. The van der Waals surface area contributed by atoms with Crippen molar-refractivity contribution in [2.75, 3.05) is 22.3 Å². The van der Waals surface area contributed by atoms with E-state index in [1.807, 2.05) is 0 Å². The number of hydrogen-bond donors (Lipinski definition) is 3. The van der Waals surface area contributed by atoms with Crippen molar-refractivity contribution in [3.63, 3.8) is 0 Å². The molecule has 0 spiro atoms. The number of ether oxygens (including phenoxy) is 1. The molecular weight excluding hydrogens is 396 g/mol. The number of aromatic carboxylic acids is 1. The summed E-state index contributed by atoms with van der Waals surface area (Å²) in [5, 5.41) is 8.88.